The van der Waals surface area contributed by atoms with Crippen molar-refractivity contribution in [2.24, 2.45) is 5.92 Å². The number of fused-ring (bicyclic) bond motifs is 1. The molecular weight excluding hydrogens is 695 g/mol. The number of hydrogen-bond acceptors (Lipinski definition) is 9. The minimum Gasteiger partial charge on any atom is -0.462 e. The Morgan fingerprint density at radius 3 is 2.57 bits per heavy atom. The van der Waals surface area contributed by atoms with E-state index < -0.39 is 40.5 Å². The molecule has 10 nitrogen and oxygen atoms in total. The van der Waals surface area contributed by atoms with Crippen molar-refractivity contribution in [2.45, 2.75) is 44.8 Å². The Labute approximate surface area is 295 Å². The van der Waals surface area contributed by atoms with Crippen LogP contribution in [-0.2, 0) is 11.0 Å². The summed E-state index contributed by atoms with van der Waals surface area (Å²) in [5.41, 5.74) is 3.14. The van der Waals surface area contributed by atoms with Crippen molar-refractivity contribution >= 4 is 46.1 Å². The number of anilines is 2. The number of benzene rings is 1. The Bertz CT molecular complexity index is 1950. The maximum absolute atomic E-state index is 16.6. The molecule has 2 fully saturated rings. The second-order valence-corrected chi connectivity index (χ2v) is 13.2. The summed E-state index contributed by atoms with van der Waals surface area (Å²) >= 11 is 6.58. The van der Waals surface area contributed by atoms with Crippen molar-refractivity contribution < 1.29 is 31.5 Å². The number of piperidine rings is 1. The van der Waals surface area contributed by atoms with Crippen molar-refractivity contribution in [3.05, 3.63) is 70.0 Å². The number of carbonyl (C=O) groups excluding carboxylic acids is 1. The maximum atomic E-state index is 16.6. The topological polar surface area (TPSA) is 122 Å². The van der Waals surface area contributed by atoms with Crippen LogP contribution in [0.4, 0.5) is 33.6 Å². The molecule has 0 saturated carbocycles. The number of ether oxygens (including phenoxy) is 1. The third-order valence-electron chi connectivity index (χ3n) is 9.32. The van der Waals surface area contributed by atoms with Crippen molar-refractivity contribution in [2.75, 3.05) is 50.5 Å². The van der Waals surface area contributed by atoms with Crippen LogP contribution in [0.3, 0.4) is 0 Å². The average molecular weight is 731 g/mol. The fourth-order valence-corrected chi connectivity index (χ4v) is 6.89. The number of likely N-dealkylation sites (N-methyl/N-ethyl adjacent to an activating group) is 1. The molecule has 4 aromatic rings. The number of halogens is 6. The summed E-state index contributed by atoms with van der Waals surface area (Å²) in [6, 6.07) is 7.30. The van der Waals surface area contributed by atoms with Crippen LogP contribution in [-0.4, -0.2) is 76.6 Å². The van der Waals surface area contributed by atoms with Gasteiger partial charge in [0.15, 0.2) is 11.6 Å². The lowest BCUT2D eigenvalue weighted by Crippen LogP contribution is -2.39. The Kier molecular flexibility index (Phi) is 10.6. The van der Waals surface area contributed by atoms with Gasteiger partial charge in [0.2, 0.25) is 0 Å². The lowest BCUT2D eigenvalue weighted by molar-refractivity contribution is -0.137. The fraction of sp³-hybridized carbons (Fsp3) is 0.400. The first-order chi connectivity index (χ1) is 24.3. The Morgan fingerprint density at radius 2 is 1.90 bits per heavy atom. The lowest BCUT2D eigenvalue weighted by atomic mass is 9.96. The van der Waals surface area contributed by atoms with Gasteiger partial charge in [0, 0.05) is 43.3 Å². The fourth-order valence-electron chi connectivity index (χ4n) is 6.61. The molecule has 2 saturated heterocycles. The molecule has 3 N–H and O–H groups in total. The van der Waals surface area contributed by atoms with Crippen LogP contribution in [0, 0.1) is 18.7 Å². The number of nitrogens with zero attached hydrogens (tertiary/aromatic N) is 6. The van der Waals surface area contributed by atoms with E-state index in [9.17, 15) is 22.4 Å². The first-order valence-corrected chi connectivity index (χ1v) is 16.9. The maximum Gasteiger partial charge on any atom is 0.418 e. The normalized spacial score (nSPS) is 17.7. The van der Waals surface area contributed by atoms with E-state index in [1.54, 1.807) is 18.2 Å². The van der Waals surface area contributed by atoms with Gasteiger partial charge in [0.05, 0.1) is 27.5 Å². The first-order valence-electron chi connectivity index (χ1n) is 16.5. The predicted molar refractivity (Wildman–Crippen MR) is 184 cm³/mol. The standard InChI is InChI=1S/C35H36ClF5N8O2/c1-19-14-26(42)45-31(28(19)35(39,40)41)27-24(36)16-23-30(29(27)38)46-34(51-18-22-7-5-11-48(22)2)47-32(23)49-12-8-20(9-13-49)17-44-33(50)25(37)15-21-6-3-4-10-43-21/h3-4,6,10,14-16,20,22H,5,7-9,11-13,17-18H2,1-2H3,(H2,42,45)(H,44,50)/b25-15-. The van der Waals surface area contributed by atoms with Crippen molar-refractivity contribution in [3.8, 4) is 17.3 Å². The second-order valence-electron chi connectivity index (χ2n) is 12.8. The van der Waals surface area contributed by atoms with Crippen molar-refractivity contribution in [3.63, 3.8) is 0 Å². The summed E-state index contributed by atoms with van der Waals surface area (Å²) in [6.07, 6.45) is 0.685. The van der Waals surface area contributed by atoms with E-state index in [0.29, 0.717) is 37.4 Å². The molecule has 6 rings (SSSR count). The minimum absolute atomic E-state index is 0.000135. The molecule has 270 valence electrons. The van der Waals surface area contributed by atoms with E-state index in [2.05, 4.69) is 30.2 Å². The van der Waals surface area contributed by atoms with Crippen molar-refractivity contribution in [1.82, 2.24) is 30.2 Å². The van der Waals surface area contributed by atoms with Gasteiger partial charge < -0.3 is 25.6 Å². The zero-order valence-electron chi connectivity index (χ0n) is 27.9. The third-order valence-corrected chi connectivity index (χ3v) is 9.62. The van der Waals surface area contributed by atoms with Gasteiger partial charge in [-0.3, -0.25) is 9.78 Å². The molecular formula is C35H36ClF5N8O2. The monoisotopic (exact) mass is 730 g/mol. The zero-order chi connectivity index (χ0) is 36.4. The quantitative estimate of drug-likeness (QED) is 0.145. The van der Waals surface area contributed by atoms with Gasteiger partial charge in [-0.15, -0.1) is 0 Å². The lowest BCUT2D eigenvalue weighted by Gasteiger charge is -2.33. The number of amides is 1. The third kappa shape index (κ3) is 7.99. The summed E-state index contributed by atoms with van der Waals surface area (Å²) in [7, 11) is 1.97. The van der Waals surface area contributed by atoms with Crippen LogP contribution in [0.1, 0.15) is 42.5 Å². The van der Waals surface area contributed by atoms with Gasteiger partial charge in [-0.05, 0) is 81.9 Å². The van der Waals surface area contributed by atoms with Gasteiger partial charge in [0.25, 0.3) is 5.91 Å². The molecule has 0 radical (unpaired) electrons. The summed E-state index contributed by atoms with van der Waals surface area (Å²) in [4.78, 5) is 33.3. The summed E-state index contributed by atoms with van der Waals surface area (Å²) in [5.74, 6) is -2.87. The summed E-state index contributed by atoms with van der Waals surface area (Å²) < 4.78 is 79.9. The van der Waals surface area contributed by atoms with E-state index in [-0.39, 0.29) is 58.4 Å². The number of aryl methyl sites for hydroxylation is 1. The number of nitrogen functional groups attached to an aromatic ring is 1. The molecule has 1 amide bonds. The minimum atomic E-state index is -4.88. The number of aromatic nitrogens is 4. The largest absolute Gasteiger partial charge is 0.462 e. The molecule has 0 spiro atoms. The molecule has 1 atom stereocenters. The van der Waals surface area contributed by atoms with Gasteiger partial charge in [-0.25, -0.2) is 13.8 Å². The van der Waals surface area contributed by atoms with Crippen molar-refractivity contribution in [1.29, 1.82) is 0 Å². The highest BCUT2D eigenvalue weighted by atomic mass is 35.5. The smallest absolute Gasteiger partial charge is 0.418 e. The second kappa shape index (κ2) is 14.9. The summed E-state index contributed by atoms with van der Waals surface area (Å²) in [6.45, 7) is 3.39. The highest BCUT2D eigenvalue weighted by Gasteiger charge is 2.39. The predicted octanol–water partition coefficient (Wildman–Crippen LogP) is 6.60. The van der Waals surface area contributed by atoms with E-state index in [1.165, 1.54) is 19.2 Å². The number of likely N-dealkylation sites (tertiary alicyclic amines) is 1. The molecule has 2 aliphatic heterocycles. The number of alkyl halides is 3. The average Bonchev–Trinajstić information content (AvgIpc) is 3.50. The van der Waals surface area contributed by atoms with Gasteiger partial charge >= 0.3 is 12.2 Å². The van der Waals surface area contributed by atoms with Crippen LogP contribution in [0.15, 0.2) is 42.4 Å². The van der Waals surface area contributed by atoms with Gasteiger partial charge in [0.1, 0.15) is 23.8 Å². The Morgan fingerprint density at radius 1 is 1.14 bits per heavy atom. The number of nitrogens with two attached hydrogens (primary N) is 1. The molecule has 0 bridgehead atoms. The van der Waals surface area contributed by atoms with E-state index in [4.69, 9.17) is 22.1 Å². The highest BCUT2D eigenvalue weighted by molar-refractivity contribution is 6.34. The Balaban J connectivity index is 1.30. The van der Waals surface area contributed by atoms with Gasteiger partial charge in [-0.2, -0.15) is 23.1 Å². The summed E-state index contributed by atoms with van der Waals surface area (Å²) in [5, 5.41) is 2.48. The number of hydrogen-bond donors (Lipinski definition) is 2. The highest BCUT2D eigenvalue weighted by Crippen LogP contribution is 2.44. The molecule has 3 aromatic heterocycles. The van der Waals surface area contributed by atoms with E-state index in [0.717, 1.165) is 31.5 Å². The van der Waals surface area contributed by atoms with Crippen LogP contribution < -0.4 is 20.7 Å². The molecule has 51 heavy (non-hydrogen) atoms. The SMILES string of the molecule is Cc1cc(N)nc(-c2c(Cl)cc3c(N4CCC(CNC(=O)/C(F)=C/c5ccccn5)CC4)nc(OCC4CCCN4C)nc3c2F)c1C(F)(F)F. The molecule has 5 heterocycles. The number of rotatable bonds is 9. The number of nitrogens with one attached hydrogen (secondary N) is 1. The number of pyridine rings is 2. The first kappa shape index (κ1) is 36.2. The van der Waals surface area contributed by atoms with E-state index >= 15 is 4.39 Å². The molecule has 1 aromatic carbocycles. The van der Waals surface area contributed by atoms with Crippen LogP contribution in [0.5, 0.6) is 6.01 Å². The molecule has 1 unspecified atom stereocenters. The molecule has 2 aliphatic rings. The van der Waals surface area contributed by atoms with Gasteiger partial charge in [-0.1, -0.05) is 17.7 Å². The van der Waals surface area contributed by atoms with E-state index in [1.807, 2.05) is 11.9 Å². The zero-order valence-corrected chi connectivity index (χ0v) is 28.7. The van der Waals surface area contributed by atoms with Crippen LogP contribution in [0.25, 0.3) is 28.2 Å². The number of carbonyl (C=O) groups is 1. The Hall–Kier alpha value is -4.63. The molecule has 0 aliphatic carbocycles. The van der Waals surface area contributed by atoms with Crippen LogP contribution >= 0.6 is 11.6 Å². The van der Waals surface area contributed by atoms with Crippen LogP contribution in [0.2, 0.25) is 5.02 Å². The molecule has 16 heteroatoms.